The number of rotatable bonds is 7. The van der Waals surface area contributed by atoms with Crippen molar-refractivity contribution in [1.82, 2.24) is 14.9 Å². The Labute approximate surface area is 213 Å². The van der Waals surface area contributed by atoms with Crippen LogP contribution in [0.1, 0.15) is 25.7 Å². The molecule has 2 aromatic carbocycles. The lowest BCUT2D eigenvalue weighted by Gasteiger charge is -2.43. The average molecular weight is 515 g/mol. The number of ether oxygens (including phenoxy) is 3. The highest BCUT2D eigenvalue weighted by Gasteiger charge is 2.39. The van der Waals surface area contributed by atoms with E-state index in [1.165, 1.54) is 18.5 Å². The van der Waals surface area contributed by atoms with Crippen LogP contribution < -0.4 is 14.8 Å². The summed E-state index contributed by atoms with van der Waals surface area (Å²) in [4.78, 5) is 22.8. The van der Waals surface area contributed by atoms with Gasteiger partial charge in [-0.05, 0) is 62.0 Å². The van der Waals surface area contributed by atoms with Crippen molar-refractivity contribution in [2.24, 2.45) is 5.41 Å². The number of nitrogens with zero attached hydrogens (tertiary/aromatic N) is 3. The summed E-state index contributed by atoms with van der Waals surface area (Å²) in [7, 11) is 1.59. The molecule has 2 aliphatic rings. The summed E-state index contributed by atoms with van der Waals surface area (Å²) in [5, 5.41) is 3.92. The normalized spacial score (nSPS) is 17.7. The summed E-state index contributed by atoms with van der Waals surface area (Å²) in [6.07, 6.45) is 4.97. The molecule has 2 saturated heterocycles. The maximum absolute atomic E-state index is 13.5. The van der Waals surface area contributed by atoms with Crippen LogP contribution in [0.2, 0.25) is 5.02 Å². The van der Waals surface area contributed by atoms with E-state index in [4.69, 9.17) is 25.8 Å². The largest absolute Gasteiger partial charge is 0.493 e. The van der Waals surface area contributed by atoms with Crippen LogP contribution in [0.25, 0.3) is 10.9 Å². The minimum absolute atomic E-state index is 0.0248. The van der Waals surface area contributed by atoms with Gasteiger partial charge in [0.05, 0.1) is 30.7 Å². The molecule has 1 N–H and O–H groups in total. The summed E-state index contributed by atoms with van der Waals surface area (Å²) < 4.78 is 30.3. The number of piperidine rings is 1. The lowest BCUT2D eigenvalue weighted by Crippen LogP contribution is -2.45. The number of esters is 1. The highest BCUT2D eigenvalue weighted by molar-refractivity contribution is 6.31. The van der Waals surface area contributed by atoms with E-state index < -0.39 is 5.82 Å². The van der Waals surface area contributed by atoms with Crippen LogP contribution in [0.5, 0.6) is 11.5 Å². The molecular formula is C26H28ClFN4O4. The van der Waals surface area contributed by atoms with Gasteiger partial charge in [0.15, 0.2) is 11.5 Å². The van der Waals surface area contributed by atoms with Gasteiger partial charge in [0.25, 0.3) is 0 Å². The second-order valence-electron chi connectivity index (χ2n) is 9.33. The van der Waals surface area contributed by atoms with Crippen molar-refractivity contribution in [3.63, 3.8) is 0 Å². The number of nitrogens with one attached hydrogen (secondary N) is 1. The third-order valence-corrected chi connectivity index (χ3v) is 7.39. The molecule has 0 aliphatic carbocycles. The topological polar surface area (TPSA) is 85.8 Å². The van der Waals surface area contributed by atoms with Gasteiger partial charge >= 0.3 is 5.97 Å². The molecule has 5 rings (SSSR count). The lowest BCUT2D eigenvalue weighted by molar-refractivity contribution is -0.155. The molecule has 0 unspecified atom stereocenters. The predicted octanol–water partition coefficient (Wildman–Crippen LogP) is 4.97. The maximum Gasteiger partial charge on any atom is 0.306 e. The summed E-state index contributed by atoms with van der Waals surface area (Å²) in [5.41, 5.74) is 1.40. The molecule has 2 fully saturated rings. The highest BCUT2D eigenvalue weighted by Crippen LogP contribution is 2.41. The van der Waals surface area contributed by atoms with Crippen molar-refractivity contribution in [2.75, 3.05) is 45.3 Å². The molecule has 0 saturated carbocycles. The number of fused-ring (bicyclic) bond motifs is 1. The smallest absolute Gasteiger partial charge is 0.306 e. The number of likely N-dealkylation sites (tertiary alicyclic amines) is 1. The number of halogens is 2. The number of aromatic nitrogens is 2. The van der Waals surface area contributed by atoms with Gasteiger partial charge in [-0.15, -0.1) is 0 Å². The molecule has 0 amide bonds. The van der Waals surface area contributed by atoms with Crippen LogP contribution in [0.3, 0.4) is 0 Å². The standard InChI is InChI=1S/C26H28ClFN4O4/c1-34-22-13-18-21(29-16-30-25(18)31-17-2-3-20(28)19(27)12-17)14-23(22)35-11-9-32-7-4-26(5-8-32)6-10-36-24(33)15-26/h2-3,12-14,16H,4-11,15H2,1H3,(H,29,30,31). The van der Waals surface area contributed by atoms with E-state index >= 15 is 0 Å². The van der Waals surface area contributed by atoms with Crippen LogP contribution in [0.15, 0.2) is 36.7 Å². The minimum Gasteiger partial charge on any atom is -0.493 e. The van der Waals surface area contributed by atoms with Crippen LogP contribution >= 0.6 is 11.6 Å². The first-order chi connectivity index (χ1) is 17.4. The van der Waals surface area contributed by atoms with E-state index in [0.717, 1.165) is 44.3 Å². The first-order valence-electron chi connectivity index (χ1n) is 12.0. The van der Waals surface area contributed by atoms with E-state index in [9.17, 15) is 9.18 Å². The van der Waals surface area contributed by atoms with Crippen molar-refractivity contribution in [2.45, 2.75) is 25.7 Å². The van der Waals surface area contributed by atoms with Crippen molar-refractivity contribution >= 4 is 40.0 Å². The molecule has 3 heterocycles. The molecule has 0 radical (unpaired) electrons. The maximum atomic E-state index is 13.5. The highest BCUT2D eigenvalue weighted by atomic mass is 35.5. The second-order valence-corrected chi connectivity index (χ2v) is 9.74. The Kier molecular flexibility index (Phi) is 7.11. The molecule has 1 spiro atoms. The number of hydrogen-bond donors (Lipinski definition) is 1. The number of hydrogen-bond acceptors (Lipinski definition) is 8. The average Bonchev–Trinajstić information content (AvgIpc) is 2.87. The summed E-state index contributed by atoms with van der Waals surface area (Å²) in [6, 6.07) is 8.04. The van der Waals surface area contributed by atoms with E-state index in [2.05, 4.69) is 20.2 Å². The molecule has 8 nitrogen and oxygen atoms in total. The van der Waals surface area contributed by atoms with Gasteiger partial charge in [-0.25, -0.2) is 14.4 Å². The Balaban J connectivity index is 1.24. The number of methoxy groups -OCH3 is 1. The van der Waals surface area contributed by atoms with Crippen LogP contribution in [-0.2, 0) is 9.53 Å². The predicted molar refractivity (Wildman–Crippen MR) is 135 cm³/mol. The Morgan fingerprint density at radius 1 is 1.17 bits per heavy atom. The van der Waals surface area contributed by atoms with E-state index in [0.29, 0.717) is 48.2 Å². The first-order valence-corrected chi connectivity index (χ1v) is 12.4. The van der Waals surface area contributed by atoms with Crippen LogP contribution in [0, 0.1) is 11.2 Å². The molecule has 2 aliphatic heterocycles. The first kappa shape index (κ1) is 24.5. The zero-order chi connectivity index (χ0) is 25.1. The SMILES string of the molecule is COc1cc2c(Nc3ccc(F)c(Cl)c3)ncnc2cc1OCCN1CCC2(CCOC(=O)C2)CC1. The van der Waals surface area contributed by atoms with Crippen molar-refractivity contribution in [3.8, 4) is 11.5 Å². The Morgan fingerprint density at radius 3 is 2.75 bits per heavy atom. The second kappa shape index (κ2) is 10.4. The molecular weight excluding hydrogens is 487 g/mol. The van der Waals surface area contributed by atoms with Crippen molar-refractivity contribution < 1.29 is 23.4 Å². The van der Waals surface area contributed by atoms with Gasteiger partial charge in [0.2, 0.25) is 0 Å². The van der Waals surface area contributed by atoms with E-state index in [1.54, 1.807) is 13.2 Å². The molecule has 0 bridgehead atoms. The number of carbonyl (C=O) groups is 1. The quantitative estimate of drug-likeness (QED) is 0.442. The van der Waals surface area contributed by atoms with Crippen LogP contribution in [0.4, 0.5) is 15.9 Å². The van der Waals surface area contributed by atoms with Crippen molar-refractivity contribution in [3.05, 3.63) is 47.5 Å². The van der Waals surface area contributed by atoms with Gasteiger partial charge < -0.3 is 19.5 Å². The van der Waals surface area contributed by atoms with Gasteiger partial charge in [0.1, 0.15) is 24.6 Å². The zero-order valence-electron chi connectivity index (χ0n) is 20.1. The lowest BCUT2D eigenvalue weighted by atomic mass is 9.72. The number of cyclic esters (lactones) is 1. The third-order valence-electron chi connectivity index (χ3n) is 7.10. The molecule has 36 heavy (non-hydrogen) atoms. The Bertz CT molecular complexity index is 1270. The van der Waals surface area contributed by atoms with Gasteiger partial charge in [0, 0.05) is 23.7 Å². The fraction of sp³-hybridized carbons (Fsp3) is 0.423. The molecule has 3 aromatic rings. The Morgan fingerprint density at radius 2 is 2.00 bits per heavy atom. The summed E-state index contributed by atoms with van der Waals surface area (Å²) in [5.74, 6) is 1.16. The monoisotopic (exact) mass is 514 g/mol. The van der Waals surface area contributed by atoms with E-state index in [-0.39, 0.29) is 16.4 Å². The fourth-order valence-corrected chi connectivity index (χ4v) is 5.12. The molecule has 10 heteroatoms. The number of benzene rings is 2. The minimum atomic E-state index is -0.485. The molecule has 190 valence electrons. The van der Waals surface area contributed by atoms with Gasteiger partial charge in [-0.2, -0.15) is 0 Å². The number of carbonyl (C=O) groups excluding carboxylic acids is 1. The third kappa shape index (κ3) is 5.32. The van der Waals surface area contributed by atoms with Gasteiger partial charge in [-0.3, -0.25) is 9.69 Å². The zero-order valence-corrected chi connectivity index (χ0v) is 20.8. The van der Waals surface area contributed by atoms with Crippen molar-refractivity contribution in [1.29, 1.82) is 0 Å². The summed E-state index contributed by atoms with van der Waals surface area (Å²) in [6.45, 7) is 3.72. The Hall–Kier alpha value is -3.17. The fourth-order valence-electron chi connectivity index (χ4n) is 4.94. The molecule has 1 aromatic heterocycles. The van der Waals surface area contributed by atoms with Crippen LogP contribution in [-0.4, -0.2) is 60.8 Å². The van der Waals surface area contributed by atoms with E-state index in [1.807, 2.05) is 12.1 Å². The van der Waals surface area contributed by atoms with Gasteiger partial charge in [-0.1, -0.05) is 11.6 Å². The molecule has 0 atom stereocenters. The summed E-state index contributed by atoms with van der Waals surface area (Å²) >= 11 is 5.91. The number of anilines is 2.